The van der Waals surface area contributed by atoms with Crippen molar-refractivity contribution < 1.29 is 17.9 Å². The van der Waals surface area contributed by atoms with Crippen molar-refractivity contribution >= 4 is 15.7 Å². The van der Waals surface area contributed by atoms with E-state index in [1.807, 2.05) is 36.4 Å². The molecule has 0 unspecified atom stereocenters. The molecule has 0 aliphatic heterocycles. The van der Waals surface area contributed by atoms with E-state index in [9.17, 15) is 13.2 Å². The second-order valence-corrected chi connectivity index (χ2v) is 9.36. The third-order valence-corrected chi connectivity index (χ3v) is 6.85. The zero-order chi connectivity index (χ0) is 22.1. The van der Waals surface area contributed by atoms with Crippen molar-refractivity contribution in [3.8, 4) is 0 Å². The van der Waals surface area contributed by atoms with Gasteiger partial charge in [-0.25, -0.2) is 8.42 Å². The number of rotatable bonds is 10. The Balaban J connectivity index is 1.63. The van der Waals surface area contributed by atoms with E-state index in [0.29, 0.717) is 12.1 Å². The zero-order valence-electron chi connectivity index (χ0n) is 17.5. The molecule has 0 aromatic heterocycles. The third-order valence-electron chi connectivity index (χ3n) is 5.15. The average molecular weight is 438 g/mol. The van der Waals surface area contributed by atoms with E-state index in [2.05, 4.69) is 29.6 Å². The molecule has 31 heavy (non-hydrogen) atoms. The highest BCUT2D eigenvalue weighted by Crippen LogP contribution is 2.27. The average Bonchev–Trinajstić information content (AvgIpc) is 2.81. The smallest absolute Gasteiger partial charge is 0.251 e. The first-order chi connectivity index (χ1) is 15.0. The standard InChI is InChI=1S/C25H27NO4S/c1-30-18-19-31(28,29)23-14-12-22(13-15-23)25(27)26-17-16-24(20-8-4-2-5-9-20)21-10-6-3-7-11-21/h2-15,24H,16-19H2,1H3,(H,26,27). The van der Waals surface area contributed by atoms with Gasteiger partial charge in [-0.15, -0.1) is 0 Å². The molecule has 3 aromatic carbocycles. The van der Waals surface area contributed by atoms with E-state index in [1.54, 1.807) is 12.1 Å². The Kier molecular flexibility index (Phi) is 7.98. The molecular formula is C25H27NO4S. The second kappa shape index (κ2) is 10.9. The Morgan fingerprint density at radius 3 is 1.94 bits per heavy atom. The van der Waals surface area contributed by atoms with Crippen LogP contribution in [-0.2, 0) is 14.6 Å². The molecule has 0 fully saturated rings. The zero-order valence-corrected chi connectivity index (χ0v) is 18.3. The van der Waals surface area contributed by atoms with Crippen LogP contribution in [0.15, 0.2) is 89.8 Å². The van der Waals surface area contributed by atoms with E-state index in [1.165, 1.54) is 30.4 Å². The minimum absolute atomic E-state index is 0.0879. The number of nitrogens with one attached hydrogen (secondary N) is 1. The van der Waals surface area contributed by atoms with E-state index in [4.69, 9.17) is 4.74 Å². The van der Waals surface area contributed by atoms with Gasteiger partial charge in [0, 0.05) is 25.1 Å². The number of hydrogen-bond donors (Lipinski definition) is 1. The SMILES string of the molecule is COCCS(=O)(=O)c1ccc(C(=O)NCCC(c2ccccc2)c2ccccc2)cc1. The molecule has 0 bridgehead atoms. The van der Waals surface area contributed by atoms with Gasteiger partial charge in [0.2, 0.25) is 0 Å². The van der Waals surface area contributed by atoms with Crippen LogP contribution >= 0.6 is 0 Å². The molecule has 5 nitrogen and oxygen atoms in total. The van der Waals surface area contributed by atoms with Gasteiger partial charge in [-0.2, -0.15) is 0 Å². The Morgan fingerprint density at radius 1 is 0.871 bits per heavy atom. The number of hydrogen-bond acceptors (Lipinski definition) is 4. The summed E-state index contributed by atoms with van der Waals surface area (Å²) in [5, 5.41) is 2.95. The summed E-state index contributed by atoms with van der Waals surface area (Å²) >= 11 is 0. The van der Waals surface area contributed by atoms with Gasteiger partial charge in [0.15, 0.2) is 9.84 Å². The summed E-state index contributed by atoms with van der Waals surface area (Å²) in [5.74, 6) is -0.133. The van der Waals surface area contributed by atoms with E-state index < -0.39 is 9.84 Å². The molecule has 3 aromatic rings. The summed E-state index contributed by atoms with van der Waals surface area (Å²) in [7, 11) is -1.95. The Hall–Kier alpha value is -2.96. The topological polar surface area (TPSA) is 72.5 Å². The maximum absolute atomic E-state index is 12.6. The summed E-state index contributed by atoms with van der Waals surface area (Å²) in [4.78, 5) is 12.7. The predicted octanol–water partition coefficient (Wildman–Crippen LogP) is 4.06. The fraction of sp³-hybridized carbons (Fsp3) is 0.240. The molecular weight excluding hydrogens is 410 g/mol. The predicted molar refractivity (Wildman–Crippen MR) is 122 cm³/mol. The first-order valence-corrected chi connectivity index (χ1v) is 11.9. The number of sulfone groups is 1. The molecule has 6 heteroatoms. The highest BCUT2D eigenvalue weighted by molar-refractivity contribution is 7.91. The van der Waals surface area contributed by atoms with Crippen LogP contribution in [0.1, 0.15) is 33.8 Å². The monoisotopic (exact) mass is 437 g/mol. The van der Waals surface area contributed by atoms with Crippen LogP contribution in [0.2, 0.25) is 0 Å². The molecule has 0 aliphatic carbocycles. The van der Waals surface area contributed by atoms with Crippen LogP contribution in [0.3, 0.4) is 0 Å². The minimum atomic E-state index is -3.41. The van der Waals surface area contributed by atoms with Crippen molar-refractivity contribution in [2.75, 3.05) is 26.0 Å². The van der Waals surface area contributed by atoms with Gasteiger partial charge in [-0.3, -0.25) is 4.79 Å². The van der Waals surface area contributed by atoms with Gasteiger partial charge in [-0.1, -0.05) is 60.7 Å². The van der Waals surface area contributed by atoms with Gasteiger partial charge in [0.25, 0.3) is 5.91 Å². The van der Waals surface area contributed by atoms with Crippen molar-refractivity contribution in [2.24, 2.45) is 0 Å². The number of carbonyl (C=O) groups is 1. The van der Waals surface area contributed by atoms with Gasteiger partial charge >= 0.3 is 0 Å². The molecule has 3 rings (SSSR count). The van der Waals surface area contributed by atoms with Crippen LogP contribution in [-0.4, -0.2) is 40.3 Å². The number of benzene rings is 3. The maximum Gasteiger partial charge on any atom is 0.251 e. The summed E-state index contributed by atoms with van der Waals surface area (Å²) in [6.45, 7) is 0.635. The highest BCUT2D eigenvalue weighted by Gasteiger charge is 2.16. The lowest BCUT2D eigenvalue weighted by atomic mass is 9.88. The van der Waals surface area contributed by atoms with E-state index >= 15 is 0 Å². The molecule has 162 valence electrons. The summed E-state index contributed by atoms with van der Waals surface area (Å²) in [5.41, 5.74) is 2.84. The Labute approximate surface area is 184 Å². The molecule has 0 atom stereocenters. The summed E-state index contributed by atoms with van der Waals surface area (Å²) in [6.07, 6.45) is 0.753. The normalized spacial score (nSPS) is 11.4. The maximum atomic E-state index is 12.6. The molecule has 0 spiro atoms. The Bertz CT molecular complexity index is 1030. The highest BCUT2D eigenvalue weighted by atomic mass is 32.2. The van der Waals surface area contributed by atoms with Crippen LogP contribution < -0.4 is 5.32 Å². The molecule has 0 saturated heterocycles. The third kappa shape index (κ3) is 6.26. The summed E-state index contributed by atoms with van der Waals surface area (Å²) in [6, 6.07) is 26.5. The first-order valence-electron chi connectivity index (χ1n) is 10.2. The quantitative estimate of drug-likeness (QED) is 0.519. The van der Waals surface area contributed by atoms with Crippen LogP contribution in [0.25, 0.3) is 0 Å². The fourth-order valence-electron chi connectivity index (χ4n) is 3.45. The van der Waals surface area contributed by atoms with Crippen molar-refractivity contribution in [3.05, 3.63) is 102 Å². The number of ether oxygens (including phenoxy) is 1. The first kappa shape index (κ1) is 22.7. The lowest BCUT2D eigenvalue weighted by Crippen LogP contribution is -2.26. The lowest BCUT2D eigenvalue weighted by molar-refractivity contribution is 0.0952. The molecule has 1 N–H and O–H groups in total. The van der Waals surface area contributed by atoms with Crippen LogP contribution in [0.5, 0.6) is 0 Å². The number of methoxy groups -OCH3 is 1. The van der Waals surface area contributed by atoms with Gasteiger partial charge in [0.1, 0.15) is 0 Å². The van der Waals surface area contributed by atoms with Gasteiger partial charge in [-0.05, 0) is 41.8 Å². The van der Waals surface area contributed by atoms with Crippen molar-refractivity contribution in [1.82, 2.24) is 5.32 Å². The largest absolute Gasteiger partial charge is 0.384 e. The van der Waals surface area contributed by atoms with E-state index in [-0.39, 0.29) is 29.1 Å². The van der Waals surface area contributed by atoms with Gasteiger partial charge in [0.05, 0.1) is 17.3 Å². The number of amides is 1. The van der Waals surface area contributed by atoms with Crippen molar-refractivity contribution in [3.63, 3.8) is 0 Å². The fourth-order valence-corrected chi connectivity index (χ4v) is 4.63. The van der Waals surface area contributed by atoms with Gasteiger partial charge < -0.3 is 10.1 Å². The summed E-state index contributed by atoms with van der Waals surface area (Å²) < 4.78 is 29.3. The molecule has 0 saturated carbocycles. The molecule has 0 heterocycles. The lowest BCUT2D eigenvalue weighted by Gasteiger charge is -2.18. The minimum Gasteiger partial charge on any atom is -0.384 e. The van der Waals surface area contributed by atoms with E-state index in [0.717, 1.165) is 6.42 Å². The van der Waals surface area contributed by atoms with Crippen molar-refractivity contribution in [1.29, 1.82) is 0 Å². The van der Waals surface area contributed by atoms with Crippen molar-refractivity contribution in [2.45, 2.75) is 17.2 Å². The molecule has 1 amide bonds. The Morgan fingerprint density at radius 2 is 1.42 bits per heavy atom. The second-order valence-electron chi connectivity index (χ2n) is 7.25. The van der Waals surface area contributed by atoms with Crippen LogP contribution in [0, 0.1) is 0 Å². The molecule has 0 aliphatic rings. The number of carbonyl (C=O) groups excluding carboxylic acids is 1. The van der Waals surface area contributed by atoms with Crippen LogP contribution in [0.4, 0.5) is 0 Å². The molecule has 0 radical (unpaired) electrons.